The molecule has 1 unspecified atom stereocenters. The van der Waals surface area contributed by atoms with E-state index in [-0.39, 0.29) is 29.1 Å². The second kappa shape index (κ2) is 6.54. The van der Waals surface area contributed by atoms with Crippen molar-refractivity contribution in [2.45, 2.75) is 38.3 Å². The molecule has 2 N–H and O–H groups in total. The first kappa shape index (κ1) is 15.7. The van der Waals surface area contributed by atoms with Crippen LogP contribution in [0.1, 0.15) is 24.2 Å². The van der Waals surface area contributed by atoms with Crippen LogP contribution in [-0.2, 0) is 24.2 Å². The first-order valence-electron chi connectivity index (χ1n) is 7.39. The fraction of sp³-hybridized carbons (Fsp3) is 0.400. The van der Waals surface area contributed by atoms with E-state index < -0.39 is 5.82 Å². The predicted molar refractivity (Wildman–Crippen MR) is 82.8 cm³/mol. The molecule has 0 saturated heterocycles. The number of fused-ring (bicyclic) bond motifs is 1. The van der Waals surface area contributed by atoms with E-state index in [1.54, 1.807) is 10.6 Å². The number of aryl methyl sites for hydroxylation is 1. The summed E-state index contributed by atoms with van der Waals surface area (Å²) in [6.07, 6.45) is 2.05. The molecule has 1 amide bonds. The van der Waals surface area contributed by atoms with Crippen LogP contribution in [0, 0.1) is 5.82 Å². The van der Waals surface area contributed by atoms with E-state index in [0.717, 1.165) is 0 Å². The van der Waals surface area contributed by atoms with Crippen molar-refractivity contribution in [3.63, 3.8) is 0 Å². The summed E-state index contributed by atoms with van der Waals surface area (Å²) in [4.78, 5) is 23.7. The van der Waals surface area contributed by atoms with Crippen molar-refractivity contribution in [2.75, 3.05) is 0 Å². The molecule has 8 heteroatoms. The fourth-order valence-corrected chi connectivity index (χ4v) is 3.07. The van der Waals surface area contributed by atoms with E-state index in [9.17, 15) is 14.0 Å². The third-order valence-corrected chi connectivity index (χ3v) is 4.13. The summed E-state index contributed by atoms with van der Waals surface area (Å²) in [5.74, 6) is 0.0631. The molecular weight excluding hydrogens is 323 g/mol. The van der Waals surface area contributed by atoms with Gasteiger partial charge in [0, 0.05) is 24.0 Å². The van der Waals surface area contributed by atoms with Crippen molar-refractivity contribution < 1.29 is 9.18 Å². The number of halogens is 2. The molecule has 2 heterocycles. The van der Waals surface area contributed by atoms with Crippen LogP contribution < -0.4 is 11.0 Å². The maximum Gasteiger partial charge on any atom is 0.343 e. The number of amides is 1. The minimum absolute atomic E-state index is 0.0346. The molecule has 1 atom stereocenters. The lowest BCUT2D eigenvalue weighted by Gasteiger charge is -2.16. The second-order valence-corrected chi connectivity index (χ2v) is 6.08. The summed E-state index contributed by atoms with van der Waals surface area (Å²) in [6, 6.07) is 4.04. The van der Waals surface area contributed by atoms with Gasteiger partial charge >= 0.3 is 5.69 Å². The first-order chi connectivity index (χ1) is 11.0. The number of aromatic amines is 1. The molecule has 1 aliphatic heterocycles. The third-order valence-electron chi connectivity index (χ3n) is 3.91. The number of H-pyrrole nitrogens is 1. The van der Waals surface area contributed by atoms with E-state index >= 15 is 0 Å². The minimum Gasteiger partial charge on any atom is -0.353 e. The van der Waals surface area contributed by atoms with Gasteiger partial charge < -0.3 is 5.32 Å². The summed E-state index contributed by atoms with van der Waals surface area (Å²) in [6.45, 7) is 0.515. The summed E-state index contributed by atoms with van der Waals surface area (Å²) >= 11 is 5.79. The summed E-state index contributed by atoms with van der Waals surface area (Å²) in [7, 11) is 0. The van der Waals surface area contributed by atoms with Crippen LogP contribution in [0.5, 0.6) is 0 Å². The Bertz CT molecular complexity index is 766. The summed E-state index contributed by atoms with van der Waals surface area (Å²) < 4.78 is 14.9. The number of hydrogen-bond donors (Lipinski definition) is 2. The molecule has 1 aliphatic rings. The molecule has 2 aromatic rings. The van der Waals surface area contributed by atoms with Gasteiger partial charge in [0.1, 0.15) is 11.6 Å². The highest BCUT2D eigenvalue weighted by atomic mass is 35.5. The van der Waals surface area contributed by atoms with Crippen molar-refractivity contribution in [1.29, 1.82) is 0 Å². The second-order valence-electron chi connectivity index (χ2n) is 5.64. The Morgan fingerprint density at radius 2 is 2.26 bits per heavy atom. The van der Waals surface area contributed by atoms with Gasteiger partial charge in [-0.2, -0.15) is 5.10 Å². The molecular formula is C15H16ClFN4O2. The molecule has 1 aromatic heterocycles. The van der Waals surface area contributed by atoms with Crippen molar-refractivity contribution in [1.82, 2.24) is 20.1 Å². The van der Waals surface area contributed by atoms with E-state index in [1.165, 1.54) is 12.1 Å². The molecule has 122 valence electrons. The molecule has 0 saturated carbocycles. The van der Waals surface area contributed by atoms with E-state index in [1.807, 2.05) is 0 Å². The first-order valence-corrected chi connectivity index (χ1v) is 7.77. The number of nitrogens with one attached hydrogen (secondary N) is 2. The van der Waals surface area contributed by atoms with Crippen molar-refractivity contribution in [2.24, 2.45) is 0 Å². The molecule has 0 radical (unpaired) electrons. The Morgan fingerprint density at radius 1 is 1.43 bits per heavy atom. The van der Waals surface area contributed by atoms with E-state index in [0.29, 0.717) is 37.2 Å². The lowest BCUT2D eigenvalue weighted by atomic mass is 10.1. The maximum atomic E-state index is 13.3. The Labute approximate surface area is 136 Å². The number of carbonyl (C=O) groups excluding carboxylic acids is 1. The Hall–Kier alpha value is -2.15. The summed E-state index contributed by atoms with van der Waals surface area (Å²) in [5, 5.41) is 9.60. The number of rotatable bonds is 3. The molecule has 23 heavy (non-hydrogen) atoms. The van der Waals surface area contributed by atoms with Gasteiger partial charge in [-0.3, -0.25) is 9.36 Å². The zero-order chi connectivity index (χ0) is 16.4. The van der Waals surface area contributed by atoms with Crippen LogP contribution in [-0.4, -0.2) is 26.7 Å². The van der Waals surface area contributed by atoms with Crippen molar-refractivity contribution in [3.8, 4) is 0 Å². The molecule has 3 rings (SSSR count). The van der Waals surface area contributed by atoms with Crippen LogP contribution in [0.2, 0.25) is 5.02 Å². The van der Waals surface area contributed by atoms with Crippen molar-refractivity contribution in [3.05, 3.63) is 50.9 Å². The average Bonchev–Trinajstić information content (AvgIpc) is 2.69. The van der Waals surface area contributed by atoms with Crippen LogP contribution in [0.25, 0.3) is 0 Å². The number of benzene rings is 1. The Morgan fingerprint density at radius 3 is 3.04 bits per heavy atom. The summed E-state index contributed by atoms with van der Waals surface area (Å²) in [5.41, 5.74) is 0.312. The largest absolute Gasteiger partial charge is 0.353 e. The maximum absolute atomic E-state index is 13.3. The lowest BCUT2D eigenvalue weighted by molar-refractivity contribution is -0.121. The van der Waals surface area contributed by atoms with Gasteiger partial charge in [-0.25, -0.2) is 14.3 Å². The minimum atomic E-state index is -0.459. The highest BCUT2D eigenvalue weighted by molar-refractivity contribution is 6.30. The zero-order valence-electron chi connectivity index (χ0n) is 12.3. The van der Waals surface area contributed by atoms with Crippen LogP contribution >= 0.6 is 11.6 Å². The molecule has 0 spiro atoms. The topological polar surface area (TPSA) is 79.8 Å². The quantitative estimate of drug-likeness (QED) is 0.888. The zero-order valence-corrected chi connectivity index (χ0v) is 13.1. The Kier molecular flexibility index (Phi) is 4.47. The van der Waals surface area contributed by atoms with Gasteiger partial charge in [-0.1, -0.05) is 11.6 Å². The van der Waals surface area contributed by atoms with Gasteiger partial charge in [0.05, 0.1) is 6.42 Å². The molecule has 0 bridgehead atoms. The van der Waals surface area contributed by atoms with E-state index in [4.69, 9.17) is 11.6 Å². The predicted octanol–water partition coefficient (Wildman–Crippen LogP) is 1.43. The SMILES string of the molecule is O=C(Cc1cc(F)cc(Cl)c1)NC1CCc2n[nH]c(=O)n2CC1. The van der Waals surface area contributed by atoms with Gasteiger partial charge in [-0.05, 0) is 36.6 Å². The standard InChI is InChI=1S/C15H16ClFN4O2/c16-10-5-9(6-11(17)8-10)7-14(22)18-12-1-2-13-19-20-15(23)21(13)4-3-12/h5-6,8,12H,1-4,7H2,(H,18,22)(H,20,23). The number of nitrogens with zero attached hydrogens (tertiary/aromatic N) is 2. The third kappa shape index (κ3) is 3.79. The van der Waals surface area contributed by atoms with Gasteiger partial charge in [0.15, 0.2) is 0 Å². The van der Waals surface area contributed by atoms with Crippen LogP contribution in [0.4, 0.5) is 4.39 Å². The average molecular weight is 339 g/mol. The monoisotopic (exact) mass is 338 g/mol. The normalized spacial score (nSPS) is 17.4. The van der Waals surface area contributed by atoms with E-state index in [2.05, 4.69) is 15.5 Å². The number of carbonyl (C=O) groups is 1. The number of hydrogen-bond acceptors (Lipinski definition) is 3. The molecule has 0 aliphatic carbocycles. The smallest absolute Gasteiger partial charge is 0.343 e. The highest BCUT2D eigenvalue weighted by Gasteiger charge is 2.20. The van der Waals surface area contributed by atoms with Crippen LogP contribution in [0.15, 0.2) is 23.0 Å². The molecule has 0 fully saturated rings. The van der Waals surface area contributed by atoms with Gasteiger partial charge in [-0.15, -0.1) is 0 Å². The van der Waals surface area contributed by atoms with Gasteiger partial charge in [0.2, 0.25) is 5.91 Å². The number of aromatic nitrogens is 3. The van der Waals surface area contributed by atoms with Crippen molar-refractivity contribution >= 4 is 17.5 Å². The fourth-order valence-electron chi connectivity index (χ4n) is 2.83. The Balaban J connectivity index is 1.59. The molecule has 6 nitrogen and oxygen atoms in total. The van der Waals surface area contributed by atoms with Crippen LogP contribution in [0.3, 0.4) is 0 Å². The van der Waals surface area contributed by atoms with Gasteiger partial charge in [0.25, 0.3) is 0 Å². The molecule has 1 aromatic carbocycles. The highest BCUT2D eigenvalue weighted by Crippen LogP contribution is 2.15. The lowest BCUT2D eigenvalue weighted by Crippen LogP contribution is -2.36.